The van der Waals surface area contributed by atoms with Crippen LogP contribution in [-0.2, 0) is 0 Å². The summed E-state index contributed by atoms with van der Waals surface area (Å²) in [4.78, 5) is 4.32. The van der Waals surface area contributed by atoms with Crippen molar-refractivity contribution in [2.75, 3.05) is 12.3 Å². The number of thioether (sulfide) groups is 1. The molecular weight excluding hydrogens is 170 g/mol. The maximum absolute atomic E-state index is 9.21. The number of rotatable bonds is 1. The standard InChI is InChI=1S/C9H9NOS/c11-8-3-1-2-7(6-8)9-10-4-5-12-9/h1-3,6,11H,4-5H2. The molecular formula is C9H9NOS. The average molecular weight is 179 g/mol. The zero-order valence-corrected chi connectivity index (χ0v) is 7.34. The Hall–Kier alpha value is -0.960. The number of aromatic hydroxyl groups is 1. The van der Waals surface area contributed by atoms with Gasteiger partial charge in [0.1, 0.15) is 5.75 Å². The van der Waals surface area contributed by atoms with Crippen molar-refractivity contribution in [2.24, 2.45) is 4.99 Å². The van der Waals surface area contributed by atoms with Gasteiger partial charge in [-0.15, -0.1) is 11.8 Å². The number of aliphatic imine (C=N–C) groups is 1. The van der Waals surface area contributed by atoms with Crippen molar-refractivity contribution in [3.63, 3.8) is 0 Å². The Labute approximate surface area is 75.3 Å². The van der Waals surface area contributed by atoms with Gasteiger partial charge in [0.15, 0.2) is 0 Å². The molecule has 3 heteroatoms. The lowest BCUT2D eigenvalue weighted by Crippen LogP contribution is -1.89. The molecule has 0 unspecified atom stereocenters. The summed E-state index contributed by atoms with van der Waals surface area (Å²) < 4.78 is 0. The van der Waals surface area contributed by atoms with E-state index in [4.69, 9.17) is 0 Å². The van der Waals surface area contributed by atoms with Crippen LogP contribution in [0.4, 0.5) is 0 Å². The molecule has 1 aliphatic rings. The predicted octanol–water partition coefficient (Wildman–Crippen LogP) is 1.89. The Morgan fingerprint density at radius 2 is 2.33 bits per heavy atom. The second-order valence-electron chi connectivity index (χ2n) is 2.59. The van der Waals surface area contributed by atoms with E-state index in [1.54, 1.807) is 23.9 Å². The molecule has 1 heterocycles. The molecule has 0 bridgehead atoms. The Bertz CT molecular complexity index is 322. The smallest absolute Gasteiger partial charge is 0.116 e. The lowest BCUT2D eigenvalue weighted by atomic mass is 10.2. The average Bonchev–Trinajstić information content (AvgIpc) is 2.56. The first kappa shape index (κ1) is 7.68. The largest absolute Gasteiger partial charge is 0.508 e. The first-order chi connectivity index (χ1) is 5.86. The molecule has 0 fully saturated rings. The van der Waals surface area contributed by atoms with Crippen LogP contribution < -0.4 is 0 Å². The number of hydrogen-bond donors (Lipinski definition) is 1. The first-order valence-electron chi connectivity index (χ1n) is 3.83. The Balaban J connectivity index is 2.33. The highest BCUT2D eigenvalue weighted by Gasteiger charge is 2.09. The third-order valence-electron chi connectivity index (χ3n) is 1.68. The Morgan fingerprint density at radius 3 is 3.00 bits per heavy atom. The molecule has 1 aliphatic heterocycles. The number of hydrogen-bond acceptors (Lipinski definition) is 3. The number of phenols is 1. The van der Waals surface area contributed by atoms with E-state index in [-0.39, 0.29) is 0 Å². The quantitative estimate of drug-likeness (QED) is 0.714. The third kappa shape index (κ3) is 1.46. The maximum Gasteiger partial charge on any atom is 0.116 e. The van der Waals surface area contributed by atoms with E-state index in [9.17, 15) is 5.11 Å². The van der Waals surface area contributed by atoms with Gasteiger partial charge < -0.3 is 5.11 Å². The maximum atomic E-state index is 9.21. The Morgan fingerprint density at radius 1 is 1.42 bits per heavy atom. The van der Waals surface area contributed by atoms with Gasteiger partial charge in [-0.25, -0.2) is 0 Å². The van der Waals surface area contributed by atoms with Crippen LogP contribution in [0.1, 0.15) is 5.56 Å². The molecule has 2 nitrogen and oxygen atoms in total. The van der Waals surface area contributed by atoms with Crippen LogP contribution in [0.5, 0.6) is 5.75 Å². The highest BCUT2D eigenvalue weighted by atomic mass is 32.2. The zero-order chi connectivity index (χ0) is 8.39. The highest BCUT2D eigenvalue weighted by molar-refractivity contribution is 8.14. The highest BCUT2D eigenvalue weighted by Crippen LogP contribution is 2.21. The van der Waals surface area contributed by atoms with Crippen molar-refractivity contribution >= 4 is 16.8 Å². The molecule has 0 saturated carbocycles. The molecule has 0 aromatic heterocycles. The molecule has 62 valence electrons. The van der Waals surface area contributed by atoms with Crippen molar-refractivity contribution in [3.8, 4) is 5.75 Å². The van der Waals surface area contributed by atoms with Crippen molar-refractivity contribution in [1.29, 1.82) is 0 Å². The summed E-state index contributed by atoms with van der Waals surface area (Å²) in [6.07, 6.45) is 0. The van der Waals surface area contributed by atoms with Gasteiger partial charge in [0.2, 0.25) is 0 Å². The van der Waals surface area contributed by atoms with Crippen LogP contribution >= 0.6 is 11.8 Å². The normalized spacial score (nSPS) is 16.2. The second-order valence-corrected chi connectivity index (χ2v) is 3.67. The minimum atomic E-state index is 0.308. The number of nitrogens with zero attached hydrogens (tertiary/aromatic N) is 1. The molecule has 0 amide bonds. The molecule has 0 spiro atoms. The third-order valence-corrected chi connectivity index (χ3v) is 2.70. The summed E-state index contributed by atoms with van der Waals surface area (Å²) >= 11 is 1.74. The van der Waals surface area contributed by atoms with Crippen molar-refractivity contribution in [1.82, 2.24) is 0 Å². The molecule has 1 aromatic rings. The molecule has 2 rings (SSSR count). The van der Waals surface area contributed by atoms with Gasteiger partial charge in [-0.1, -0.05) is 12.1 Å². The van der Waals surface area contributed by atoms with E-state index in [1.807, 2.05) is 12.1 Å². The fourth-order valence-corrected chi connectivity index (χ4v) is 2.00. The van der Waals surface area contributed by atoms with Crippen LogP contribution in [-0.4, -0.2) is 22.4 Å². The van der Waals surface area contributed by atoms with E-state index in [2.05, 4.69) is 4.99 Å². The van der Waals surface area contributed by atoms with Crippen LogP contribution in [0.25, 0.3) is 0 Å². The van der Waals surface area contributed by atoms with Gasteiger partial charge in [-0.2, -0.15) is 0 Å². The van der Waals surface area contributed by atoms with Crippen molar-refractivity contribution < 1.29 is 5.11 Å². The molecule has 1 N–H and O–H groups in total. The van der Waals surface area contributed by atoms with Gasteiger partial charge in [-0.3, -0.25) is 4.99 Å². The van der Waals surface area contributed by atoms with Gasteiger partial charge in [-0.05, 0) is 12.1 Å². The molecule has 0 atom stereocenters. The van der Waals surface area contributed by atoms with E-state index in [1.165, 1.54) is 0 Å². The lowest BCUT2D eigenvalue weighted by molar-refractivity contribution is 0.475. The van der Waals surface area contributed by atoms with Crippen LogP contribution in [0.15, 0.2) is 29.3 Å². The minimum absolute atomic E-state index is 0.308. The lowest BCUT2D eigenvalue weighted by Gasteiger charge is -1.99. The fraction of sp³-hybridized carbons (Fsp3) is 0.222. The summed E-state index contributed by atoms with van der Waals surface area (Å²) in [5.74, 6) is 1.37. The van der Waals surface area contributed by atoms with Crippen LogP contribution in [0.3, 0.4) is 0 Å². The van der Waals surface area contributed by atoms with Gasteiger partial charge >= 0.3 is 0 Å². The molecule has 0 saturated heterocycles. The van der Waals surface area contributed by atoms with E-state index >= 15 is 0 Å². The first-order valence-corrected chi connectivity index (χ1v) is 4.81. The monoisotopic (exact) mass is 179 g/mol. The van der Waals surface area contributed by atoms with E-state index < -0.39 is 0 Å². The van der Waals surface area contributed by atoms with Gasteiger partial charge in [0.25, 0.3) is 0 Å². The van der Waals surface area contributed by atoms with E-state index in [0.29, 0.717) is 5.75 Å². The molecule has 12 heavy (non-hydrogen) atoms. The zero-order valence-electron chi connectivity index (χ0n) is 6.53. The molecule has 1 aromatic carbocycles. The summed E-state index contributed by atoms with van der Waals surface area (Å²) in [5.41, 5.74) is 1.03. The van der Waals surface area contributed by atoms with Gasteiger partial charge in [0.05, 0.1) is 5.04 Å². The fourth-order valence-electron chi connectivity index (χ4n) is 1.15. The van der Waals surface area contributed by atoms with Crippen molar-refractivity contribution in [3.05, 3.63) is 29.8 Å². The number of phenolic OH excluding ortho intramolecular Hbond substituents is 1. The molecule has 0 aliphatic carbocycles. The van der Waals surface area contributed by atoms with E-state index in [0.717, 1.165) is 22.9 Å². The number of benzene rings is 1. The minimum Gasteiger partial charge on any atom is -0.508 e. The summed E-state index contributed by atoms with van der Waals surface area (Å²) in [6, 6.07) is 7.23. The van der Waals surface area contributed by atoms with Gasteiger partial charge in [0, 0.05) is 17.9 Å². The Kier molecular flexibility index (Phi) is 2.04. The second kappa shape index (κ2) is 3.19. The SMILES string of the molecule is Oc1cccc(C2=NCCS2)c1. The topological polar surface area (TPSA) is 32.6 Å². The molecule has 0 radical (unpaired) electrons. The van der Waals surface area contributed by atoms with Crippen LogP contribution in [0.2, 0.25) is 0 Å². The predicted molar refractivity (Wildman–Crippen MR) is 52.0 cm³/mol. The summed E-state index contributed by atoms with van der Waals surface area (Å²) in [6.45, 7) is 0.898. The summed E-state index contributed by atoms with van der Waals surface area (Å²) in [7, 11) is 0. The van der Waals surface area contributed by atoms with Crippen LogP contribution in [0, 0.1) is 0 Å². The summed E-state index contributed by atoms with van der Waals surface area (Å²) in [5, 5.41) is 10.3. The van der Waals surface area contributed by atoms with Crippen molar-refractivity contribution in [2.45, 2.75) is 0 Å².